The molecule has 0 atom stereocenters. The van der Waals surface area contributed by atoms with Crippen molar-refractivity contribution in [2.75, 3.05) is 0 Å². The third kappa shape index (κ3) is 4.37. The molecule has 1 aliphatic carbocycles. The van der Waals surface area contributed by atoms with Crippen LogP contribution in [0.25, 0.3) is 11.8 Å². The molecule has 1 aromatic carbocycles. The van der Waals surface area contributed by atoms with Crippen LogP contribution in [0.3, 0.4) is 0 Å². The predicted octanol–water partition coefficient (Wildman–Crippen LogP) is 4.33. The van der Waals surface area contributed by atoms with Gasteiger partial charge in [-0.2, -0.15) is 10.4 Å². The Morgan fingerprint density at radius 2 is 2.00 bits per heavy atom. The Bertz CT molecular complexity index is 905. The first-order valence-corrected chi connectivity index (χ1v) is 9.31. The molecule has 140 valence electrons. The number of benzene rings is 1. The van der Waals surface area contributed by atoms with Gasteiger partial charge in [-0.25, -0.2) is 9.07 Å². The number of nitrogens with zero attached hydrogens (tertiary/aromatic N) is 3. The minimum Gasteiger partial charge on any atom is -0.349 e. The third-order valence-electron chi connectivity index (χ3n) is 4.71. The van der Waals surface area contributed by atoms with Crippen LogP contribution in [0, 0.1) is 24.1 Å². The van der Waals surface area contributed by atoms with Gasteiger partial charge in [0.05, 0.1) is 11.4 Å². The summed E-state index contributed by atoms with van der Waals surface area (Å²) < 4.78 is 14.6. The van der Waals surface area contributed by atoms with Gasteiger partial charge in [0.25, 0.3) is 5.91 Å². The van der Waals surface area contributed by atoms with Crippen molar-refractivity contribution >= 4 is 23.6 Å². The van der Waals surface area contributed by atoms with E-state index in [0.717, 1.165) is 25.7 Å². The number of nitrogens with one attached hydrogen (secondary N) is 1. The number of halogens is 2. The SMILES string of the molecule is Cc1nn(-c2ccc(F)cc2)c(Cl)c1C=C(C#N)C(=O)NC1CCCCC1. The molecule has 0 radical (unpaired) electrons. The lowest BCUT2D eigenvalue weighted by Crippen LogP contribution is -2.36. The van der Waals surface area contributed by atoms with E-state index < -0.39 is 5.91 Å². The van der Waals surface area contributed by atoms with Crippen molar-refractivity contribution in [2.24, 2.45) is 0 Å². The normalized spacial score (nSPS) is 15.4. The fourth-order valence-electron chi connectivity index (χ4n) is 3.23. The number of hydrogen-bond donors (Lipinski definition) is 1. The van der Waals surface area contributed by atoms with Crippen LogP contribution in [-0.4, -0.2) is 21.7 Å². The number of aromatic nitrogens is 2. The Morgan fingerprint density at radius 3 is 2.63 bits per heavy atom. The topological polar surface area (TPSA) is 70.7 Å². The summed E-state index contributed by atoms with van der Waals surface area (Å²) in [5, 5.41) is 17.0. The molecular formula is C20H20ClFN4O. The lowest BCUT2D eigenvalue weighted by molar-refractivity contribution is -0.117. The molecule has 0 aliphatic heterocycles. The van der Waals surface area contributed by atoms with E-state index in [1.54, 1.807) is 19.1 Å². The van der Waals surface area contributed by atoms with Crippen LogP contribution in [0.5, 0.6) is 0 Å². The number of hydrogen-bond acceptors (Lipinski definition) is 3. The highest BCUT2D eigenvalue weighted by Crippen LogP contribution is 2.26. The Labute approximate surface area is 162 Å². The van der Waals surface area contributed by atoms with Crippen LogP contribution >= 0.6 is 11.6 Å². The fourth-order valence-corrected chi connectivity index (χ4v) is 3.56. The third-order valence-corrected chi connectivity index (χ3v) is 5.08. The molecule has 0 unspecified atom stereocenters. The molecule has 7 heteroatoms. The van der Waals surface area contributed by atoms with Crippen molar-refractivity contribution in [2.45, 2.75) is 45.1 Å². The van der Waals surface area contributed by atoms with Crippen LogP contribution in [0.15, 0.2) is 29.8 Å². The second-order valence-corrected chi connectivity index (χ2v) is 7.01. The first-order valence-electron chi connectivity index (χ1n) is 8.93. The van der Waals surface area contributed by atoms with Crippen LogP contribution in [-0.2, 0) is 4.79 Å². The summed E-state index contributed by atoms with van der Waals surface area (Å²) in [7, 11) is 0. The lowest BCUT2D eigenvalue weighted by Gasteiger charge is -2.22. The molecule has 1 aromatic heterocycles. The van der Waals surface area contributed by atoms with Crippen LogP contribution in [0.4, 0.5) is 4.39 Å². The molecular weight excluding hydrogens is 367 g/mol. The van der Waals surface area contributed by atoms with Gasteiger partial charge in [-0.05, 0) is 50.1 Å². The Morgan fingerprint density at radius 1 is 1.33 bits per heavy atom. The number of amides is 1. The summed E-state index contributed by atoms with van der Waals surface area (Å²) in [5.41, 5.74) is 1.65. The molecule has 1 N–H and O–H groups in total. The van der Waals surface area contributed by atoms with Gasteiger partial charge >= 0.3 is 0 Å². The van der Waals surface area contributed by atoms with E-state index >= 15 is 0 Å². The van der Waals surface area contributed by atoms with Gasteiger partial charge < -0.3 is 5.32 Å². The Hall–Kier alpha value is -2.65. The zero-order chi connectivity index (χ0) is 19.4. The predicted molar refractivity (Wildman–Crippen MR) is 102 cm³/mol. The average Bonchev–Trinajstić information content (AvgIpc) is 2.95. The lowest BCUT2D eigenvalue weighted by atomic mass is 9.95. The van der Waals surface area contributed by atoms with Crippen LogP contribution in [0.1, 0.15) is 43.4 Å². The number of rotatable bonds is 4. The fraction of sp³-hybridized carbons (Fsp3) is 0.350. The van der Waals surface area contributed by atoms with Gasteiger partial charge in [-0.1, -0.05) is 30.9 Å². The molecule has 0 bridgehead atoms. The molecule has 3 rings (SSSR count). The van der Waals surface area contributed by atoms with Gasteiger partial charge in [-0.15, -0.1) is 0 Å². The van der Waals surface area contributed by atoms with Crippen LogP contribution < -0.4 is 5.32 Å². The number of carbonyl (C=O) groups excluding carboxylic acids is 1. The molecule has 0 spiro atoms. The molecule has 2 aromatic rings. The maximum atomic E-state index is 13.1. The highest BCUT2D eigenvalue weighted by atomic mass is 35.5. The van der Waals surface area contributed by atoms with Gasteiger partial charge in [0, 0.05) is 11.6 Å². The average molecular weight is 387 g/mol. The molecule has 1 heterocycles. The Balaban J connectivity index is 1.87. The Kier molecular flexibility index (Phi) is 5.92. The summed E-state index contributed by atoms with van der Waals surface area (Å²) in [6.07, 6.45) is 6.70. The first-order chi connectivity index (χ1) is 13.0. The van der Waals surface area contributed by atoms with E-state index in [0.29, 0.717) is 16.9 Å². The van der Waals surface area contributed by atoms with E-state index in [-0.39, 0.29) is 22.6 Å². The molecule has 27 heavy (non-hydrogen) atoms. The van der Waals surface area contributed by atoms with Gasteiger partial charge in [0.1, 0.15) is 22.6 Å². The molecule has 5 nitrogen and oxygen atoms in total. The molecule has 1 amide bonds. The van der Waals surface area contributed by atoms with Gasteiger partial charge in [0.2, 0.25) is 0 Å². The standard InChI is InChI=1S/C20H20ClFN4O/c1-13-18(19(21)26(25-13)17-9-7-15(22)8-10-17)11-14(12-23)20(27)24-16-5-3-2-4-6-16/h7-11,16H,2-6H2,1H3,(H,24,27). The monoisotopic (exact) mass is 386 g/mol. The molecule has 1 saturated carbocycles. The summed E-state index contributed by atoms with van der Waals surface area (Å²) in [4.78, 5) is 12.5. The molecule has 1 fully saturated rings. The summed E-state index contributed by atoms with van der Waals surface area (Å²) in [5.74, 6) is -0.751. The minimum atomic E-state index is -0.394. The summed E-state index contributed by atoms with van der Waals surface area (Å²) in [6, 6.07) is 7.81. The van der Waals surface area contributed by atoms with Crippen molar-refractivity contribution < 1.29 is 9.18 Å². The van der Waals surface area contributed by atoms with Crippen molar-refractivity contribution in [3.05, 3.63) is 52.1 Å². The number of nitriles is 1. The van der Waals surface area contributed by atoms with E-state index in [4.69, 9.17) is 11.6 Å². The van der Waals surface area contributed by atoms with Gasteiger partial charge in [-0.3, -0.25) is 4.79 Å². The maximum Gasteiger partial charge on any atom is 0.262 e. The highest BCUT2D eigenvalue weighted by molar-refractivity contribution is 6.31. The van der Waals surface area contributed by atoms with E-state index in [2.05, 4.69) is 10.4 Å². The zero-order valence-corrected chi connectivity index (χ0v) is 15.8. The van der Waals surface area contributed by atoms with Crippen molar-refractivity contribution in [1.29, 1.82) is 5.26 Å². The number of carbonyl (C=O) groups is 1. The number of aryl methyl sites for hydroxylation is 1. The summed E-state index contributed by atoms with van der Waals surface area (Å²) >= 11 is 6.42. The molecule has 0 saturated heterocycles. The van der Waals surface area contributed by atoms with Crippen LogP contribution in [0.2, 0.25) is 5.15 Å². The maximum absolute atomic E-state index is 13.1. The second-order valence-electron chi connectivity index (χ2n) is 6.66. The second kappa shape index (κ2) is 8.36. The summed E-state index contributed by atoms with van der Waals surface area (Å²) in [6.45, 7) is 1.74. The minimum absolute atomic E-state index is 0.00997. The van der Waals surface area contributed by atoms with Gasteiger partial charge in [0.15, 0.2) is 0 Å². The molecule has 1 aliphatic rings. The van der Waals surface area contributed by atoms with E-state index in [1.165, 1.54) is 29.3 Å². The highest BCUT2D eigenvalue weighted by Gasteiger charge is 2.20. The van der Waals surface area contributed by atoms with Crippen molar-refractivity contribution in [3.63, 3.8) is 0 Å². The van der Waals surface area contributed by atoms with E-state index in [1.807, 2.05) is 6.07 Å². The van der Waals surface area contributed by atoms with Crippen molar-refractivity contribution in [1.82, 2.24) is 15.1 Å². The largest absolute Gasteiger partial charge is 0.349 e. The van der Waals surface area contributed by atoms with E-state index in [9.17, 15) is 14.4 Å². The first kappa shape index (κ1) is 19.1. The quantitative estimate of drug-likeness (QED) is 0.628. The smallest absolute Gasteiger partial charge is 0.262 e. The van der Waals surface area contributed by atoms with Crippen molar-refractivity contribution in [3.8, 4) is 11.8 Å². The zero-order valence-electron chi connectivity index (χ0n) is 15.0.